The van der Waals surface area contributed by atoms with Gasteiger partial charge in [0.05, 0.1) is 6.61 Å². The van der Waals surface area contributed by atoms with Crippen molar-refractivity contribution in [1.82, 2.24) is 0 Å². The van der Waals surface area contributed by atoms with E-state index >= 15 is 0 Å². The van der Waals surface area contributed by atoms with Crippen LogP contribution in [0.15, 0.2) is 0 Å². The van der Waals surface area contributed by atoms with Crippen LogP contribution in [-0.2, 0) is 14.3 Å². The van der Waals surface area contributed by atoms with Gasteiger partial charge in [0.2, 0.25) is 0 Å². The van der Waals surface area contributed by atoms with Crippen LogP contribution in [-0.4, -0.2) is 26.3 Å². The Balaban J connectivity index is 3.30. The third-order valence-electron chi connectivity index (χ3n) is 4.13. The minimum absolute atomic E-state index is 0.112. The maximum absolute atomic E-state index is 11.4. The Labute approximate surface area is 161 Å². The second-order valence-electron chi connectivity index (χ2n) is 6.60. The highest BCUT2D eigenvalue weighted by molar-refractivity contribution is 5.69. The number of carbonyl (C=O) groups excluding carboxylic acids is 1. The number of hydrogen-bond acceptors (Lipinski definition) is 3. The summed E-state index contributed by atoms with van der Waals surface area (Å²) >= 11 is 0. The van der Waals surface area contributed by atoms with Crippen LogP contribution >= 0.6 is 0 Å². The molecule has 0 aliphatic carbocycles. The SMILES string of the molecule is CCCCCCCC#CC#CCCCCCCCCC(=O)OCCOC. The van der Waals surface area contributed by atoms with Gasteiger partial charge in [-0.3, -0.25) is 4.79 Å². The first-order valence-electron chi connectivity index (χ1n) is 10.4. The van der Waals surface area contributed by atoms with Gasteiger partial charge in [-0.25, -0.2) is 0 Å². The molecule has 0 aliphatic heterocycles. The summed E-state index contributed by atoms with van der Waals surface area (Å²) in [6, 6.07) is 0. The molecule has 0 unspecified atom stereocenters. The zero-order valence-electron chi connectivity index (χ0n) is 17.0. The lowest BCUT2D eigenvalue weighted by Gasteiger charge is -2.03. The molecule has 26 heavy (non-hydrogen) atoms. The van der Waals surface area contributed by atoms with Crippen molar-refractivity contribution in [2.75, 3.05) is 20.3 Å². The van der Waals surface area contributed by atoms with Crippen molar-refractivity contribution in [1.29, 1.82) is 0 Å². The van der Waals surface area contributed by atoms with Gasteiger partial charge >= 0.3 is 5.97 Å². The Morgan fingerprint density at radius 1 is 0.731 bits per heavy atom. The molecule has 0 saturated heterocycles. The summed E-state index contributed by atoms with van der Waals surface area (Å²) in [6.45, 7) is 3.07. The predicted molar refractivity (Wildman–Crippen MR) is 109 cm³/mol. The fourth-order valence-electron chi connectivity index (χ4n) is 2.53. The van der Waals surface area contributed by atoms with Gasteiger partial charge in [-0.1, -0.05) is 70.1 Å². The summed E-state index contributed by atoms with van der Waals surface area (Å²) in [5.41, 5.74) is 0. The minimum Gasteiger partial charge on any atom is -0.463 e. The van der Waals surface area contributed by atoms with Crippen LogP contribution in [0.3, 0.4) is 0 Å². The van der Waals surface area contributed by atoms with Crippen LogP contribution in [0.1, 0.15) is 96.8 Å². The number of carbonyl (C=O) groups is 1. The minimum atomic E-state index is -0.112. The van der Waals surface area contributed by atoms with Crippen LogP contribution in [0.5, 0.6) is 0 Å². The zero-order valence-corrected chi connectivity index (χ0v) is 17.0. The van der Waals surface area contributed by atoms with Crippen molar-refractivity contribution >= 4 is 5.97 Å². The normalized spacial score (nSPS) is 9.77. The average molecular weight is 363 g/mol. The molecule has 0 amide bonds. The zero-order chi connectivity index (χ0) is 19.1. The van der Waals surface area contributed by atoms with E-state index in [4.69, 9.17) is 9.47 Å². The molecule has 0 bridgehead atoms. The lowest BCUT2D eigenvalue weighted by Crippen LogP contribution is -2.09. The molecule has 0 aromatic heterocycles. The van der Waals surface area contributed by atoms with Crippen molar-refractivity contribution in [2.45, 2.75) is 96.8 Å². The maximum atomic E-state index is 11.4. The molecule has 0 fully saturated rings. The summed E-state index contributed by atoms with van der Waals surface area (Å²) in [6.07, 6.45) is 15.7. The standard InChI is InChI=1S/C23H38O3/c1-3-4-5-6-7-8-9-10-11-12-13-14-15-16-17-18-19-20-23(24)26-22-21-25-2/h3-8,13-22H2,1-2H3. The van der Waals surface area contributed by atoms with Gasteiger partial charge in [0.25, 0.3) is 0 Å². The third kappa shape index (κ3) is 20.6. The number of rotatable bonds is 16. The number of esters is 1. The molecule has 0 aliphatic rings. The number of hydrogen-bond donors (Lipinski definition) is 0. The summed E-state index contributed by atoms with van der Waals surface area (Å²) in [5.74, 6) is 12.1. The fraction of sp³-hybridized carbons (Fsp3) is 0.783. The highest BCUT2D eigenvalue weighted by Gasteiger charge is 2.01. The van der Waals surface area contributed by atoms with Crippen molar-refractivity contribution < 1.29 is 14.3 Å². The van der Waals surface area contributed by atoms with Gasteiger partial charge in [-0.2, -0.15) is 0 Å². The van der Waals surface area contributed by atoms with Crippen molar-refractivity contribution in [3.63, 3.8) is 0 Å². The van der Waals surface area contributed by atoms with Crippen LogP contribution < -0.4 is 0 Å². The first-order valence-corrected chi connectivity index (χ1v) is 10.4. The number of unbranched alkanes of at least 4 members (excludes halogenated alkanes) is 11. The Morgan fingerprint density at radius 2 is 1.27 bits per heavy atom. The molecule has 0 saturated carbocycles. The Bertz CT molecular complexity index is 434. The molecule has 0 atom stereocenters. The number of ether oxygens (including phenoxy) is 2. The van der Waals surface area contributed by atoms with E-state index in [1.54, 1.807) is 7.11 Å². The van der Waals surface area contributed by atoms with Crippen LogP contribution in [0, 0.1) is 23.7 Å². The highest BCUT2D eigenvalue weighted by Crippen LogP contribution is 2.09. The molecular weight excluding hydrogens is 324 g/mol. The lowest BCUT2D eigenvalue weighted by atomic mass is 10.1. The molecule has 0 rings (SSSR count). The summed E-state index contributed by atoms with van der Waals surface area (Å²) in [5, 5.41) is 0. The van der Waals surface area contributed by atoms with Gasteiger partial charge < -0.3 is 9.47 Å². The van der Waals surface area contributed by atoms with E-state index in [1.807, 2.05) is 0 Å². The Kier molecular flexibility index (Phi) is 20.4. The van der Waals surface area contributed by atoms with E-state index in [2.05, 4.69) is 30.6 Å². The molecule has 148 valence electrons. The van der Waals surface area contributed by atoms with Crippen LogP contribution in [0.25, 0.3) is 0 Å². The van der Waals surface area contributed by atoms with Gasteiger partial charge in [0, 0.05) is 26.4 Å². The molecule has 0 aromatic rings. The van der Waals surface area contributed by atoms with Crippen LogP contribution in [0.4, 0.5) is 0 Å². The fourth-order valence-corrected chi connectivity index (χ4v) is 2.53. The first-order chi connectivity index (χ1) is 12.8. The molecule has 0 aromatic carbocycles. The highest BCUT2D eigenvalue weighted by atomic mass is 16.6. The largest absolute Gasteiger partial charge is 0.463 e. The molecule has 0 radical (unpaired) electrons. The van der Waals surface area contributed by atoms with Gasteiger partial charge in [-0.15, -0.1) is 0 Å². The quantitative estimate of drug-likeness (QED) is 0.202. The lowest BCUT2D eigenvalue weighted by molar-refractivity contribution is -0.145. The van der Waals surface area contributed by atoms with E-state index in [9.17, 15) is 4.79 Å². The van der Waals surface area contributed by atoms with Gasteiger partial charge in [0.15, 0.2) is 0 Å². The van der Waals surface area contributed by atoms with E-state index < -0.39 is 0 Å². The summed E-state index contributed by atoms with van der Waals surface area (Å²) < 4.78 is 9.86. The maximum Gasteiger partial charge on any atom is 0.305 e. The van der Waals surface area contributed by atoms with Crippen LogP contribution in [0.2, 0.25) is 0 Å². The Hall–Kier alpha value is -1.45. The van der Waals surface area contributed by atoms with Gasteiger partial charge in [0.1, 0.15) is 6.61 Å². The average Bonchev–Trinajstić information content (AvgIpc) is 2.64. The second kappa shape index (κ2) is 21.6. The summed E-state index contributed by atoms with van der Waals surface area (Å²) in [7, 11) is 1.60. The molecular formula is C23H38O3. The van der Waals surface area contributed by atoms with Crippen molar-refractivity contribution in [3.8, 4) is 23.7 Å². The van der Waals surface area contributed by atoms with Crippen molar-refractivity contribution in [2.24, 2.45) is 0 Å². The Morgan fingerprint density at radius 3 is 1.85 bits per heavy atom. The van der Waals surface area contributed by atoms with E-state index in [1.165, 1.54) is 51.4 Å². The van der Waals surface area contributed by atoms with E-state index in [-0.39, 0.29) is 5.97 Å². The van der Waals surface area contributed by atoms with Crippen molar-refractivity contribution in [3.05, 3.63) is 0 Å². The first kappa shape index (κ1) is 24.6. The molecule has 0 heterocycles. The third-order valence-corrected chi connectivity index (χ3v) is 4.13. The van der Waals surface area contributed by atoms with E-state index in [0.717, 1.165) is 32.1 Å². The molecule has 0 spiro atoms. The molecule has 0 N–H and O–H groups in total. The summed E-state index contributed by atoms with van der Waals surface area (Å²) in [4.78, 5) is 11.4. The molecule has 3 heteroatoms. The van der Waals surface area contributed by atoms with Gasteiger partial charge in [-0.05, 0) is 31.1 Å². The monoisotopic (exact) mass is 362 g/mol. The number of methoxy groups -OCH3 is 1. The predicted octanol–water partition coefficient (Wildman–Crippen LogP) is 5.66. The smallest absolute Gasteiger partial charge is 0.305 e. The van der Waals surface area contributed by atoms with E-state index in [0.29, 0.717) is 19.6 Å². The second-order valence-corrected chi connectivity index (χ2v) is 6.60. The molecule has 3 nitrogen and oxygen atoms in total. The topological polar surface area (TPSA) is 35.5 Å².